The van der Waals surface area contributed by atoms with E-state index in [1.54, 1.807) is 42.5 Å². The number of para-hydroxylation sites is 1. The Morgan fingerprint density at radius 1 is 1.12 bits per heavy atom. The number of nitro groups is 1. The molecule has 2 amide bonds. The number of nitrogens with zero attached hydrogens (tertiary/aromatic N) is 1. The summed E-state index contributed by atoms with van der Waals surface area (Å²) in [5, 5.41) is 15.9. The highest BCUT2D eigenvalue weighted by Gasteiger charge is 2.11. The minimum absolute atomic E-state index is 0.0222. The fraction of sp³-hybridized carbons (Fsp3) is 0.0526. The maximum atomic E-state index is 12.1. The SMILES string of the molecule is C=CCNC(=O)c1ccccc1NC(=O)/C=C/c1ccc([N+](=O)[O-])cc1. The van der Waals surface area contributed by atoms with Crippen molar-refractivity contribution < 1.29 is 14.5 Å². The predicted molar refractivity (Wildman–Crippen MR) is 99.7 cm³/mol. The van der Waals surface area contributed by atoms with Gasteiger partial charge >= 0.3 is 0 Å². The molecule has 2 aromatic carbocycles. The minimum atomic E-state index is -0.492. The van der Waals surface area contributed by atoms with Gasteiger partial charge in [0.25, 0.3) is 11.6 Å². The third kappa shape index (κ3) is 5.13. The summed E-state index contributed by atoms with van der Waals surface area (Å²) in [5.74, 6) is -0.743. The number of amides is 2. The second kappa shape index (κ2) is 8.93. The van der Waals surface area contributed by atoms with E-state index < -0.39 is 10.8 Å². The Bertz CT molecular complexity index is 857. The van der Waals surface area contributed by atoms with Crippen molar-refractivity contribution in [2.75, 3.05) is 11.9 Å². The van der Waals surface area contributed by atoms with E-state index in [1.807, 2.05) is 0 Å². The Hall–Kier alpha value is -3.74. The van der Waals surface area contributed by atoms with Gasteiger partial charge in [-0.05, 0) is 35.9 Å². The molecule has 0 spiro atoms. The van der Waals surface area contributed by atoms with Crippen LogP contribution >= 0.6 is 0 Å². The van der Waals surface area contributed by atoms with Gasteiger partial charge in [0, 0.05) is 24.8 Å². The van der Waals surface area contributed by atoms with E-state index in [-0.39, 0.29) is 11.6 Å². The molecule has 0 radical (unpaired) electrons. The summed E-state index contributed by atoms with van der Waals surface area (Å²) in [6, 6.07) is 12.4. The molecule has 0 unspecified atom stereocenters. The lowest BCUT2D eigenvalue weighted by atomic mass is 10.1. The molecule has 0 aliphatic heterocycles. The lowest BCUT2D eigenvalue weighted by molar-refractivity contribution is -0.384. The van der Waals surface area contributed by atoms with E-state index in [9.17, 15) is 19.7 Å². The van der Waals surface area contributed by atoms with Gasteiger partial charge in [0.15, 0.2) is 0 Å². The number of hydrogen-bond donors (Lipinski definition) is 2. The van der Waals surface area contributed by atoms with Gasteiger partial charge in [-0.25, -0.2) is 0 Å². The van der Waals surface area contributed by atoms with E-state index in [2.05, 4.69) is 17.2 Å². The largest absolute Gasteiger partial charge is 0.349 e. The van der Waals surface area contributed by atoms with Crippen molar-refractivity contribution in [3.8, 4) is 0 Å². The van der Waals surface area contributed by atoms with Gasteiger partial charge in [-0.1, -0.05) is 18.2 Å². The van der Waals surface area contributed by atoms with Crippen molar-refractivity contribution in [2.24, 2.45) is 0 Å². The number of nitro benzene ring substituents is 1. The first-order valence-electron chi connectivity index (χ1n) is 7.73. The molecule has 0 fully saturated rings. The molecule has 2 aromatic rings. The molecule has 7 nitrogen and oxygen atoms in total. The van der Waals surface area contributed by atoms with Crippen molar-refractivity contribution in [3.05, 3.63) is 88.5 Å². The molecule has 7 heteroatoms. The van der Waals surface area contributed by atoms with Crippen LogP contribution < -0.4 is 10.6 Å². The molecule has 0 bridgehead atoms. The lowest BCUT2D eigenvalue weighted by Crippen LogP contribution is -2.24. The first kappa shape index (κ1) is 18.6. The molecule has 0 heterocycles. The number of hydrogen-bond acceptors (Lipinski definition) is 4. The standard InChI is InChI=1S/C19H17N3O4/c1-2-13-20-19(24)16-5-3-4-6-17(16)21-18(23)12-9-14-7-10-15(11-8-14)22(25)26/h2-12H,1,13H2,(H,20,24)(H,21,23)/b12-9+. The van der Waals surface area contributed by atoms with Crippen molar-refractivity contribution in [1.82, 2.24) is 5.32 Å². The highest BCUT2D eigenvalue weighted by atomic mass is 16.6. The quantitative estimate of drug-likeness (QED) is 0.346. The fourth-order valence-electron chi connectivity index (χ4n) is 2.10. The number of carbonyl (C=O) groups excluding carboxylic acids is 2. The van der Waals surface area contributed by atoms with Crippen LogP contribution in [0.5, 0.6) is 0 Å². The predicted octanol–water partition coefficient (Wildman–Crippen LogP) is 3.16. The van der Waals surface area contributed by atoms with Crippen LogP contribution in [-0.2, 0) is 4.79 Å². The number of nitrogens with one attached hydrogen (secondary N) is 2. The lowest BCUT2D eigenvalue weighted by Gasteiger charge is -2.09. The molecule has 0 saturated heterocycles. The molecule has 0 aliphatic rings. The van der Waals surface area contributed by atoms with E-state index >= 15 is 0 Å². The Morgan fingerprint density at radius 3 is 2.46 bits per heavy atom. The number of rotatable bonds is 7. The van der Waals surface area contributed by atoms with Crippen LogP contribution in [-0.4, -0.2) is 23.3 Å². The van der Waals surface area contributed by atoms with Crippen molar-refractivity contribution in [2.45, 2.75) is 0 Å². The van der Waals surface area contributed by atoms with Crippen molar-refractivity contribution >= 4 is 29.3 Å². The van der Waals surface area contributed by atoms with Gasteiger partial charge in [0.05, 0.1) is 16.2 Å². The zero-order valence-corrected chi connectivity index (χ0v) is 13.8. The van der Waals surface area contributed by atoms with Gasteiger partial charge in [0.2, 0.25) is 5.91 Å². The van der Waals surface area contributed by atoms with Gasteiger partial charge in [-0.15, -0.1) is 6.58 Å². The smallest absolute Gasteiger partial charge is 0.269 e. The Labute approximate surface area is 150 Å². The van der Waals surface area contributed by atoms with E-state index in [0.717, 1.165) is 0 Å². The maximum absolute atomic E-state index is 12.1. The fourth-order valence-corrected chi connectivity index (χ4v) is 2.10. The molecule has 0 atom stereocenters. The normalized spacial score (nSPS) is 10.3. The Kier molecular flexibility index (Phi) is 6.39. The first-order chi connectivity index (χ1) is 12.5. The summed E-state index contributed by atoms with van der Waals surface area (Å²) < 4.78 is 0. The number of benzene rings is 2. The van der Waals surface area contributed by atoms with E-state index in [4.69, 9.17) is 0 Å². The Morgan fingerprint density at radius 2 is 1.81 bits per heavy atom. The number of carbonyl (C=O) groups is 2. The monoisotopic (exact) mass is 351 g/mol. The molecule has 0 aliphatic carbocycles. The van der Waals surface area contributed by atoms with Crippen LogP contribution in [0.2, 0.25) is 0 Å². The summed E-state index contributed by atoms with van der Waals surface area (Å²) in [5.41, 5.74) is 1.34. The molecule has 2 rings (SSSR count). The zero-order chi connectivity index (χ0) is 18.9. The Balaban J connectivity index is 2.06. The molecular formula is C19H17N3O4. The maximum Gasteiger partial charge on any atom is 0.269 e. The summed E-state index contributed by atoms with van der Waals surface area (Å²) in [6.45, 7) is 3.85. The number of non-ortho nitro benzene ring substituents is 1. The topological polar surface area (TPSA) is 101 Å². The average molecular weight is 351 g/mol. The molecule has 0 aromatic heterocycles. The minimum Gasteiger partial charge on any atom is -0.349 e. The summed E-state index contributed by atoms with van der Waals surface area (Å²) in [6.07, 6.45) is 4.38. The molecular weight excluding hydrogens is 334 g/mol. The summed E-state index contributed by atoms with van der Waals surface area (Å²) in [4.78, 5) is 34.3. The van der Waals surface area contributed by atoms with Crippen LogP contribution in [0.25, 0.3) is 6.08 Å². The highest BCUT2D eigenvalue weighted by molar-refractivity contribution is 6.07. The summed E-state index contributed by atoms with van der Waals surface area (Å²) in [7, 11) is 0. The zero-order valence-electron chi connectivity index (χ0n) is 13.8. The number of anilines is 1. The van der Waals surface area contributed by atoms with Gasteiger partial charge < -0.3 is 10.6 Å². The van der Waals surface area contributed by atoms with Crippen molar-refractivity contribution in [1.29, 1.82) is 0 Å². The molecule has 132 valence electrons. The van der Waals surface area contributed by atoms with Gasteiger partial charge in [-0.3, -0.25) is 19.7 Å². The van der Waals surface area contributed by atoms with Crippen LogP contribution in [0.4, 0.5) is 11.4 Å². The van der Waals surface area contributed by atoms with Gasteiger partial charge in [0.1, 0.15) is 0 Å². The third-order valence-corrected chi connectivity index (χ3v) is 3.37. The first-order valence-corrected chi connectivity index (χ1v) is 7.73. The molecule has 26 heavy (non-hydrogen) atoms. The van der Waals surface area contributed by atoms with E-state index in [0.29, 0.717) is 23.4 Å². The average Bonchev–Trinajstić information content (AvgIpc) is 2.65. The second-order valence-corrected chi connectivity index (χ2v) is 5.22. The van der Waals surface area contributed by atoms with Crippen LogP contribution in [0.15, 0.2) is 67.3 Å². The van der Waals surface area contributed by atoms with Gasteiger partial charge in [-0.2, -0.15) is 0 Å². The summed E-state index contributed by atoms with van der Waals surface area (Å²) >= 11 is 0. The van der Waals surface area contributed by atoms with Crippen LogP contribution in [0.3, 0.4) is 0 Å². The van der Waals surface area contributed by atoms with Crippen LogP contribution in [0, 0.1) is 10.1 Å². The van der Waals surface area contributed by atoms with Crippen molar-refractivity contribution in [3.63, 3.8) is 0 Å². The van der Waals surface area contributed by atoms with Crippen LogP contribution in [0.1, 0.15) is 15.9 Å². The third-order valence-electron chi connectivity index (χ3n) is 3.37. The second-order valence-electron chi connectivity index (χ2n) is 5.22. The highest BCUT2D eigenvalue weighted by Crippen LogP contribution is 2.16. The van der Waals surface area contributed by atoms with E-state index in [1.165, 1.54) is 24.3 Å². The molecule has 0 saturated carbocycles. The molecule has 2 N–H and O–H groups in total.